The third kappa shape index (κ3) is 3.47. The molecular weight excluding hydrogens is 384 g/mol. The van der Waals surface area contributed by atoms with Crippen molar-refractivity contribution in [3.63, 3.8) is 0 Å². The fraction of sp³-hybridized carbons (Fsp3) is 0.409. The van der Waals surface area contributed by atoms with Crippen LogP contribution in [0.5, 0.6) is 0 Å². The second-order valence-electron chi connectivity index (χ2n) is 7.84. The third-order valence-electron chi connectivity index (χ3n) is 5.63. The van der Waals surface area contributed by atoms with Crippen molar-refractivity contribution in [3.8, 4) is 11.3 Å². The molecule has 1 N–H and O–H groups in total. The molecule has 8 nitrogen and oxygen atoms in total. The molecule has 3 aromatic heterocycles. The number of allylic oxidation sites excluding steroid dienone is 1. The lowest BCUT2D eigenvalue weighted by Crippen LogP contribution is -2.41. The summed E-state index contributed by atoms with van der Waals surface area (Å²) in [5, 5.41) is 9.44. The Hall–Kier alpha value is -3.13. The zero-order valence-electron chi connectivity index (χ0n) is 17.3. The summed E-state index contributed by atoms with van der Waals surface area (Å²) in [7, 11) is 0. The van der Waals surface area contributed by atoms with E-state index in [-0.39, 0.29) is 35.3 Å². The summed E-state index contributed by atoms with van der Waals surface area (Å²) in [6.45, 7) is 8.98. The number of aryl methyl sites for hydroxylation is 2. The van der Waals surface area contributed by atoms with Gasteiger partial charge in [0.1, 0.15) is 17.2 Å². The fourth-order valence-corrected chi connectivity index (χ4v) is 4.16. The van der Waals surface area contributed by atoms with Crippen molar-refractivity contribution < 1.29 is 14.3 Å². The molecule has 8 heteroatoms. The van der Waals surface area contributed by atoms with Crippen LogP contribution in [0, 0.1) is 19.8 Å². The highest BCUT2D eigenvalue weighted by Gasteiger charge is 2.26. The van der Waals surface area contributed by atoms with E-state index in [1.807, 2.05) is 19.9 Å². The maximum atomic E-state index is 13.2. The number of amides is 1. The Morgan fingerprint density at radius 1 is 1.40 bits per heavy atom. The normalized spacial score (nSPS) is 16.9. The molecule has 1 aliphatic heterocycles. The number of likely N-dealkylation sites (tertiary alicyclic amines) is 1. The maximum absolute atomic E-state index is 13.2. The van der Waals surface area contributed by atoms with E-state index in [9.17, 15) is 14.7 Å². The first-order valence-electron chi connectivity index (χ1n) is 10.1. The highest BCUT2D eigenvalue weighted by molar-refractivity contribution is 5.93. The Morgan fingerprint density at radius 2 is 2.20 bits per heavy atom. The van der Waals surface area contributed by atoms with Gasteiger partial charge in [0.2, 0.25) is 5.65 Å². The van der Waals surface area contributed by atoms with Gasteiger partial charge in [0.25, 0.3) is 11.5 Å². The Labute approximate surface area is 174 Å². The highest BCUT2D eigenvalue weighted by Crippen LogP contribution is 2.26. The summed E-state index contributed by atoms with van der Waals surface area (Å²) >= 11 is 0. The first-order chi connectivity index (χ1) is 14.4. The van der Waals surface area contributed by atoms with E-state index in [4.69, 9.17) is 4.42 Å². The Bertz CT molecular complexity index is 1170. The quantitative estimate of drug-likeness (QED) is 0.652. The lowest BCUT2D eigenvalue weighted by Gasteiger charge is -2.31. The number of aliphatic hydroxyl groups excluding tert-OH is 1. The molecule has 1 aliphatic rings. The number of aromatic nitrogens is 3. The van der Waals surface area contributed by atoms with E-state index >= 15 is 0 Å². The minimum absolute atomic E-state index is 0.0635. The van der Waals surface area contributed by atoms with Gasteiger partial charge in [-0.1, -0.05) is 6.08 Å². The van der Waals surface area contributed by atoms with Crippen molar-refractivity contribution in [2.24, 2.45) is 5.92 Å². The largest absolute Gasteiger partial charge is 0.466 e. The second-order valence-corrected chi connectivity index (χ2v) is 7.84. The number of nitrogens with zero attached hydrogens (tertiary/aromatic N) is 4. The zero-order chi connectivity index (χ0) is 21.4. The molecule has 158 valence electrons. The summed E-state index contributed by atoms with van der Waals surface area (Å²) in [4.78, 5) is 32.2. The predicted octanol–water partition coefficient (Wildman–Crippen LogP) is 2.40. The van der Waals surface area contributed by atoms with Crippen LogP contribution in [-0.4, -0.2) is 49.6 Å². The Morgan fingerprint density at radius 3 is 2.87 bits per heavy atom. The molecule has 0 aliphatic carbocycles. The van der Waals surface area contributed by atoms with E-state index in [1.165, 1.54) is 0 Å². The van der Waals surface area contributed by atoms with E-state index in [0.29, 0.717) is 31.1 Å². The van der Waals surface area contributed by atoms with Crippen molar-refractivity contribution in [1.82, 2.24) is 18.9 Å². The fourth-order valence-electron chi connectivity index (χ4n) is 4.16. The van der Waals surface area contributed by atoms with E-state index in [2.05, 4.69) is 11.6 Å². The van der Waals surface area contributed by atoms with Gasteiger partial charge in [0, 0.05) is 44.2 Å². The van der Waals surface area contributed by atoms with Gasteiger partial charge in [-0.3, -0.25) is 18.6 Å². The van der Waals surface area contributed by atoms with Crippen LogP contribution in [0.2, 0.25) is 0 Å². The molecule has 1 fully saturated rings. The average Bonchev–Trinajstić information content (AvgIpc) is 3.32. The number of piperidine rings is 1. The monoisotopic (exact) mass is 410 g/mol. The molecule has 1 unspecified atom stereocenters. The van der Waals surface area contributed by atoms with Crippen LogP contribution in [-0.2, 0) is 6.54 Å². The summed E-state index contributed by atoms with van der Waals surface area (Å²) in [6, 6.07) is 1.89. The summed E-state index contributed by atoms with van der Waals surface area (Å²) in [5.41, 5.74) is 1.62. The van der Waals surface area contributed by atoms with Gasteiger partial charge in [0.05, 0.1) is 5.69 Å². The van der Waals surface area contributed by atoms with Gasteiger partial charge in [-0.25, -0.2) is 4.98 Å². The van der Waals surface area contributed by atoms with Gasteiger partial charge in [-0.05, 0) is 38.7 Å². The number of imidazole rings is 1. The standard InChI is InChI=1S/C22H26N4O4/c1-4-7-26-19(17-9-14(2)30-15(17)3)12-25-11-18(23-20(25)22(26)29)21(28)24-8-5-6-16(10-24)13-27/h4,9,11-12,16,27H,1,5-8,10,13H2,2-3H3. The third-order valence-corrected chi connectivity index (χ3v) is 5.63. The van der Waals surface area contributed by atoms with Crippen LogP contribution in [0.3, 0.4) is 0 Å². The molecule has 0 saturated carbocycles. The van der Waals surface area contributed by atoms with E-state index in [0.717, 1.165) is 24.2 Å². The van der Waals surface area contributed by atoms with Crippen molar-refractivity contribution in [2.75, 3.05) is 19.7 Å². The van der Waals surface area contributed by atoms with Crippen LogP contribution in [0.1, 0.15) is 34.9 Å². The molecule has 4 rings (SSSR count). The molecular formula is C22H26N4O4. The minimum atomic E-state index is -0.295. The minimum Gasteiger partial charge on any atom is -0.466 e. The number of carbonyl (C=O) groups is 1. The van der Waals surface area contributed by atoms with Crippen molar-refractivity contribution >= 4 is 11.6 Å². The molecule has 1 saturated heterocycles. The van der Waals surface area contributed by atoms with Gasteiger partial charge >= 0.3 is 0 Å². The maximum Gasteiger partial charge on any atom is 0.295 e. The van der Waals surface area contributed by atoms with Crippen LogP contribution in [0.25, 0.3) is 16.9 Å². The van der Waals surface area contributed by atoms with Crippen LogP contribution in [0.4, 0.5) is 0 Å². The molecule has 1 amide bonds. The summed E-state index contributed by atoms with van der Waals surface area (Å²) < 4.78 is 8.85. The summed E-state index contributed by atoms with van der Waals surface area (Å²) in [6.07, 6.45) is 6.81. The number of hydrogen-bond acceptors (Lipinski definition) is 5. The smallest absolute Gasteiger partial charge is 0.295 e. The van der Waals surface area contributed by atoms with Gasteiger partial charge in [-0.2, -0.15) is 0 Å². The van der Waals surface area contributed by atoms with Gasteiger partial charge < -0.3 is 14.4 Å². The summed E-state index contributed by atoms with van der Waals surface area (Å²) in [5.74, 6) is 1.33. The molecule has 30 heavy (non-hydrogen) atoms. The molecule has 3 aromatic rings. The van der Waals surface area contributed by atoms with Crippen LogP contribution in [0.15, 0.2) is 40.3 Å². The molecule has 0 aromatic carbocycles. The highest BCUT2D eigenvalue weighted by atomic mass is 16.3. The zero-order valence-corrected chi connectivity index (χ0v) is 17.3. The number of aliphatic hydroxyl groups is 1. The molecule has 1 atom stereocenters. The number of rotatable bonds is 5. The van der Waals surface area contributed by atoms with E-state index in [1.54, 1.807) is 32.3 Å². The second kappa shape index (κ2) is 7.95. The molecule has 0 radical (unpaired) electrons. The SMILES string of the molecule is C=CCn1c(-c2cc(C)oc2C)cn2cc(C(=O)N3CCCC(CO)C3)nc2c1=O. The topological polar surface area (TPSA) is 93.0 Å². The van der Waals surface area contributed by atoms with Gasteiger partial charge in [-0.15, -0.1) is 6.58 Å². The lowest BCUT2D eigenvalue weighted by molar-refractivity contribution is 0.0615. The van der Waals surface area contributed by atoms with Crippen molar-refractivity contribution in [1.29, 1.82) is 0 Å². The van der Waals surface area contributed by atoms with Crippen molar-refractivity contribution in [3.05, 3.63) is 58.7 Å². The molecule has 0 bridgehead atoms. The predicted molar refractivity (Wildman–Crippen MR) is 113 cm³/mol. The van der Waals surface area contributed by atoms with Crippen LogP contribution < -0.4 is 5.56 Å². The molecule has 4 heterocycles. The Balaban J connectivity index is 1.80. The first kappa shape index (κ1) is 20.2. The van der Waals surface area contributed by atoms with Crippen molar-refractivity contribution in [2.45, 2.75) is 33.2 Å². The number of carbonyl (C=O) groups excluding carboxylic acids is 1. The lowest BCUT2D eigenvalue weighted by atomic mass is 9.99. The number of fused-ring (bicyclic) bond motifs is 1. The first-order valence-corrected chi connectivity index (χ1v) is 10.1. The number of hydrogen-bond donors (Lipinski definition) is 1. The van der Waals surface area contributed by atoms with Crippen LogP contribution >= 0.6 is 0 Å². The van der Waals surface area contributed by atoms with E-state index < -0.39 is 0 Å². The average molecular weight is 410 g/mol. The van der Waals surface area contributed by atoms with Gasteiger partial charge in [0.15, 0.2) is 0 Å². The Kier molecular flexibility index (Phi) is 5.34. The molecule has 0 spiro atoms. The number of furan rings is 1.